The molecule has 214 valence electrons. The lowest BCUT2D eigenvalue weighted by atomic mass is 10.0. The third-order valence-electron chi connectivity index (χ3n) is 6.53. The number of amides is 1. The van der Waals surface area contributed by atoms with E-state index in [1.54, 1.807) is 25.3 Å². The van der Waals surface area contributed by atoms with E-state index < -0.39 is 5.54 Å². The standard InChI is InChI=1S/C30H33ClN6O3S/c1-30(2,19-37-13-15-40-16-14-37)35-29(38)20-7-6-8-22(17-20)41-36-28-27(32-24-9-4-5-10-25(24)33-28)34-26-18-21(39-3)11-12-23(26)31/h4-12,17-18H,13-16,19H2,1-3H3,(H,32,34)(H,33,36)(H,35,38). The van der Waals surface area contributed by atoms with Crippen molar-refractivity contribution in [1.29, 1.82) is 0 Å². The Labute approximate surface area is 249 Å². The zero-order valence-electron chi connectivity index (χ0n) is 23.2. The number of nitrogens with one attached hydrogen (secondary N) is 3. The van der Waals surface area contributed by atoms with Crippen molar-refractivity contribution in [2.24, 2.45) is 0 Å². The van der Waals surface area contributed by atoms with E-state index in [4.69, 9.17) is 31.0 Å². The molecule has 1 fully saturated rings. The first-order valence-corrected chi connectivity index (χ1v) is 14.5. The Morgan fingerprint density at radius 3 is 2.49 bits per heavy atom. The highest BCUT2D eigenvalue weighted by Crippen LogP contribution is 2.33. The number of ether oxygens (including phenoxy) is 2. The van der Waals surface area contributed by atoms with Gasteiger partial charge in [0.1, 0.15) is 5.75 Å². The molecule has 0 radical (unpaired) electrons. The minimum atomic E-state index is -0.390. The van der Waals surface area contributed by atoms with Gasteiger partial charge in [-0.15, -0.1) is 0 Å². The summed E-state index contributed by atoms with van der Waals surface area (Å²) in [4.78, 5) is 25.9. The predicted octanol–water partition coefficient (Wildman–Crippen LogP) is 6.00. The number of nitrogens with zero attached hydrogens (tertiary/aromatic N) is 3. The van der Waals surface area contributed by atoms with Crippen molar-refractivity contribution in [1.82, 2.24) is 20.2 Å². The van der Waals surface area contributed by atoms with Crippen LogP contribution in [0.15, 0.2) is 71.6 Å². The number of hydrogen-bond acceptors (Lipinski definition) is 9. The van der Waals surface area contributed by atoms with E-state index in [0.29, 0.717) is 33.7 Å². The van der Waals surface area contributed by atoms with Crippen LogP contribution in [-0.2, 0) is 4.74 Å². The van der Waals surface area contributed by atoms with Crippen LogP contribution in [0.1, 0.15) is 24.2 Å². The van der Waals surface area contributed by atoms with Crippen molar-refractivity contribution in [2.75, 3.05) is 50.0 Å². The van der Waals surface area contributed by atoms with Crippen LogP contribution in [0.25, 0.3) is 11.0 Å². The van der Waals surface area contributed by atoms with Crippen LogP contribution < -0.4 is 20.1 Å². The molecule has 1 aliphatic rings. The minimum Gasteiger partial charge on any atom is -0.497 e. The van der Waals surface area contributed by atoms with Crippen molar-refractivity contribution in [2.45, 2.75) is 24.3 Å². The van der Waals surface area contributed by atoms with Crippen LogP contribution in [-0.4, -0.2) is 66.3 Å². The van der Waals surface area contributed by atoms with Gasteiger partial charge < -0.3 is 24.8 Å². The number of benzene rings is 3. The molecular formula is C30H33ClN6O3S. The highest BCUT2D eigenvalue weighted by atomic mass is 35.5. The maximum absolute atomic E-state index is 13.2. The van der Waals surface area contributed by atoms with Gasteiger partial charge in [-0.3, -0.25) is 9.69 Å². The van der Waals surface area contributed by atoms with Crippen molar-refractivity contribution in [3.63, 3.8) is 0 Å². The first-order valence-electron chi connectivity index (χ1n) is 13.3. The molecule has 9 nitrogen and oxygen atoms in total. The average Bonchev–Trinajstić information content (AvgIpc) is 2.97. The molecule has 1 aliphatic heterocycles. The zero-order valence-corrected chi connectivity index (χ0v) is 24.8. The summed E-state index contributed by atoms with van der Waals surface area (Å²) in [5, 5.41) is 7.00. The van der Waals surface area contributed by atoms with E-state index in [2.05, 4.69) is 20.3 Å². The van der Waals surface area contributed by atoms with Gasteiger partial charge in [0.05, 0.1) is 42.1 Å². The van der Waals surface area contributed by atoms with E-state index in [1.165, 1.54) is 11.9 Å². The Bertz CT molecular complexity index is 1530. The molecule has 0 atom stereocenters. The zero-order chi connectivity index (χ0) is 28.8. The maximum Gasteiger partial charge on any atom is 0.251 e. The van der Waals surface area contributed by atoms with Gasteiger partial charge in [-0.2, -0.15) is 0 Å². The summed E-state index contributed by atoms with van der Waals surface area (Å²) in [6.45, 7) is 8.03. The monoisotopic (exact) mass is 592 g/mol. The summed E-state index contributed by atoms with van der Waals surface area (Å²) in [6.07, 6.45) is 0. The molecule has 3 N–H and O–H groups in total. The van der Waals surface area contributed by atoms with Crippen molar-refractivity contribution < 1.29 is 14.3 Å². The summed E-state index contributed by atoms with van der Waals surface area (Å²) >= 11 is 7.80. The van der Waals surface area contributed by atoms with Crippen molar-refractivity contribution in [3.8, 4) is 5.75 Å². The van der Waals surface area contributed by atoms with Crippen molar-refractivity contribution in [3.05, 3.63) is 77.3 Å². The second-order valence-electron chi connectivity index (χ2n) is 10.3. The number of hydrogen-bond donors (Lipinski definition) is 3. The molecule has 1 amide bonds. The maximum atomic E-state index is 13.2. The number of carbonyl (C=O) groups is 1. The van der Waals surface area contributed by atoms with Crippen LogP contribution in [0.4, 0.5) is 17.3 Å². The molecule has 1 saturated heterocycles. The van der Waals surface area contributed by atoms with Gasteiger partial charge >= 0.3 is 0 Å². The van der Waals surface area contributed by atoms with E-state index in [-0.39, 0.29) is 5.91 Å². The Balaban J connectivity index is 1.32. The van der Waals surface area contributed by atoms with Gasteiger partial charge in [-0.05, 0) is 68.3 Å². The van der Waals surface area contributed by atoms with Crippen LogP contribution in [0.5, 0.6) is 5.75 Å². The molecule has 5 rings (SSSR count). The Morgan fingerprint density at radius 2 is 1.76 bits per heavy atom. The number of rotatable bonds is 10. The third kappa shape index (κ3) is 7.59. The molecule has 0 bridgehead atoms. The highest BCUT2D eigenvalue weighted by Gasteiger charge is 2.25. The summed E-state index contributed by atoms with van der Waals surface area (Å²) in [5.41, 5.74) is 2.31. The Hall–Kier alpha value is -3.57. The molecule has 0 unspecified atom stereocenters. The number of morpholine rings is 1. The summed E-state index contributed by atoms with van der Waals surface area (Å²) in [6, 6.07) is 20.5. The van der Waals surface area contributed by atoms with Gasteiger partial charge in [-0.1, -0.05) is 29.8 Å². The Kier molecular flexibility index (Phi) is 9.14. The summed E-state index contributed by atoms with van der Waals surface area (Å²) in [7, 11) is 1.60. The second kappa shape index (κ2) is 12.9. The van der Waals surface area contributed by atoms with Crippen LogP contribution in [0.3, 0.4) is 0 Å². The number of para-hydroxylation sites is 2. The topological polar surface area (TPSA) is 101 Å². The average molecular weight is 593 g/mol. The first-order chi connectivity index (χ1) is 19.8. The molecule has 0 aliphatic carbocycles. The van der Waals surface area contributed by atoms with Crippen LogP contribution >= 0.6 is 23.5 Å². The third-order valence-corrected chi connectivity index (χ3v) is 7.65. The highest BCUT2D eigenvalue weighted by molar-refractivity contribution is 8.00. The number of halogens is 1. The van der Waals surface area contributed by atoms with Crippen LogP contribution in [0.2, 0.25) is 5.02 Å². The number of aromatic nitrogens is 2. The number of fused-ring (bicyclic) bond motifs is 1. The molecule has 4 aromatic rings. The van der Waals surface area contributed by atoms with Gasteiger partial charge in [0.25, 0.3) is 5.91 Å². The number of methoxy groups -OCH3 is 1. The number of anilines is 3. The normalized spacial score (nSPS) is 14.0. The van der Waals surface area contributed by atoms with Gasteiger partial charge in [-0.25, -0.2) is 9.97 Å². The van der Waals surface area contributed by atoms with Crippen LogP contribution in [0, 0.1) is 0 Å². The second-order valence-corrected chi connectivity index (χ2v) is 11.6. The molecule has 0 saturated carbocycles. The van der Waals surface area contributed by atoms with E-state index in [9.17, 15) is 4.79 Å². The summed E-state index contributed by atoms with van der Waals surface area (Å²) in [5.74, 6) is 1.57. The number of carbonyl (C=O) groups excluding carboxylic acids is 1. The molecule has 11 heteroatoms. The molecule has 3 aromatic carbocycles. The lowest BCUT2D eigenvalue weighted by Gasteiger charge is -2.35. The van der Waals surface area contributed by atoms with Gasteiger partial charge in [0, 0.05) is 41.7 Å². The van der Waals surface area contributed by atoms with Gasteiger partial charge in [0.15, 0.2) is 11.6 Å². The largest absolute Gasteiger partial charge is 0.497 e. The fraction of sp³-hybridized carbons (Fsp3) is 0.300. The molecule has 1 aromatic heterocycles. The lowest BCUT2D eigenvalue weighted by molar-refractivity contribution is 0.0269. The SMILES string of the molecule is COc1ccc(Cl)c(Nc2nc3ccccc3nc2NSc2cccc(C(=O)NC(C)(C)CN3CCOCC3)c2)c1. The smallest absolute Gasteiger partial charge is 0.251 e. The summed E-state index contributed by atoms with van der Waals surface area (Å²) < 4.78 is 14.1. The van der Waals surface area contributed by atoms with Gasteiger partial charge in [0.2, 0.25) is 0 Å². The van der Waals surface area contributed by atoms with Crippen molar-refractivity contribution >= 4 is 57.8 Å². The fourth-order valence-electron chi connectivity index (χ4n) is 4.56. The van der Waals surface area contributed by atoms with E-state index >= 15 is 0 Å². The predicted molar refractivity (Wildman–Crippen MR) is 166 cm³/mol. The lowest BCUT2D eigenvalue weighted by Crippen LogP contribution is -2.53. The molecule has 2 heterocycles. The fourth-order valence-corrected chi connectivity index (χ4v) is 5.41. The molecule has 0 spiro atoms. The molecular weight excluding hydrogens is 560 g/mol. The van der Waals surface area contributed by atoms with E-state index in [1.807, 2.05) is 62.4 Å². The van der Waals surface area contributed by atoms with E-state index in [0.717, 1.165) is 48.8 Å². The first kappa shape index (κ1) is 28.9. The molecule has 41 heavy (non-hydrogen) atoms. The Morgan fingerprint density at radius 1 is 1.02 bits per heavy atom. The quantitative estimate of drug-likeness (QED) is 0.192. The minimum absolute atomic E-state index is 0.119.